The molecular weight excluding hydrogens is 395 g/mol. The normalized spacial score (nSPS) is 10.9. The lowest BCUT2D eigenvalue weighted by atomic mass is 10.2. The number of rotatable bonds is 5. The standard InChI is InChI=1S/C16H16Cl2N6OS/c1-9-13(15(25)19-7-12-20-21-16(26)23(12)2)14(18)24(22-9)8-10-5-3-4-6-11(10)17/h3-6H,7-8H2,1-2H3,(H,19,25)(H,21,26). The van der Waals surface area contributed by atoms with Crippen molar-refractivity contribution < 1.29 is 4.79 Å². The molecule has 0 saturated carbocycles. The Balaban J connectivity index is 1.79. The first kappa shape index (κ1) is 18.6. The average Bonchev–Trinajstić information content (AvgIpc) is 3.07. The van der Waals surface area contributed by atoms with Crippen molar-refractivity contribution >= 4 is 41.3 Å². The average molecular weight is 411 g/mol. The first-order valence-electron chi connectivity index (χ1n) is 7.73. The van der Waals surface area contributed by atoms with Crippen LogP contribution in [0.5, 0.6) is 0 Å². The number of hydrogen-bond donors (Lipinski definition) is 2. The fourth-order valence-corrected chi connectivity index (χ4v) is 3.16. The summed E-state index contributed by atoms with van der Waals surface area (Å²) in [5.74, 6) is 0.285. The highest BCUT2D eigenvalue weighted by atomic mass is 35.5. The molecular formula is C16H16Cl2N6OS. The lowest BCUT2D eigenvalue weighted by Gasteiger charge is -2.07. The summed E-state index contributed by atoms with van der Waals surface area (Å²) in [5.41, 5.74) is 1.73. The lowest BCUT2D eigenvalue weighted by Crippen LogP contribution is -2.25. The van der Waals surface area contributed by atoms with Gasteiger partial charge in [0.15, 0.2) is 10.6 Å². The Hall–Kier alpha value is -2.16. The van der Waals surface area contributed by atoms with Gasteiger partial charge in [0.1, 0.15) is 5.15 Å². The third kappa shape index (κ3) is 3.67. The molecule has 0 radical (unpaired) electrons. The zero-order valence-corrected chi connectivity index (χ0v) is 16.4. The van der Waals surface area contributed by atoms with Crippen molar-refractivity contribution in [2.24, 2.45) is 7.05 Å². The Bertz CT molecular complexity index is 1020. The van der Waals surface area contributed by atoms with Gasteiger partial charge in [-0.3, -0.25) is 9.89 Å². The van der Waals surface area contributed by atoms with Gasteiger partial charge < -0.3 is 9.88 Å². The number of benzene rings is 1. The molecule has 0 bridgehead atoms. The van der Waals surface area contributed by atoms with E-state index in [1.165, 1.54) is 0 Å². The number of nitrogens with one attached hydrogen (secondary N) is 2. The first-order valence-corrected chi connectivity index (χ1v) is 8.89. The van der Waals surface area contributed by atoms with Crippen LogP contribution >= 0.6 is 35.4 Å². The summed E-state index contributed by atoms with van der Waals surface area (Å²) in [7, 11) is 1.77. The summed E-state index contributed by atoms with van der Waals surface area (Å²) in [4.78, 5) is 12.6. The molecule has 0 spiro atoms. The van der Waals surface area contributed by atoms with Crippen LogP contribution in [0.25, 0.3) is 0 Å². The van der Waals surface area contributed by atoms with E-state index < -0.39 is 0 Å². The summed E-state index contributed by atoms with van der Waals surface area (Å²) >= 11 is 17.6. The summed E-state index contributed by atoms with van der Waals surface area (Å²) < 4.78 is 3.73. The van der Waals surface area contributed by atoms with Gasteiger partial charge in [0.05, 0.1) is 24.3 Å². The van der Waals surface area contributed by atoms with Crippen molar-refractivity contribution in [3.05, 3.63) is 61.9 Å². The quantitative estimate of drug-likeness (QED) is 0.632. The van der Waals surface area contributed by atoms with E-state index in [2.05, 4.69) is 20.6 Å². The van der Waals surface area contributed by atoms with Crippen molar-refractivity contribution in [1.29, 1.82) is 0 Å². The second-order valence-corrected chi connectivity index (χ2v) is 6.84. The molecule has 3 rings (SSSR count). The predicted octanol–water partition coefficient (Wildman–Crippen LogP) is 3.27. The van der Waals surface area contributed by atoms with E-state index in [0.717, 1.165) is 5.56 Å². The second kappa shape index (κ2) is 7.61. The molecule has 0 unspecified atom stereocenters. The minimum absolute atomic E-state index is 0.216. The Morgan fingerprint density at radius 1 is 1.35 bits per heavy atom. The number of nitrogens with zero attached hydrogens (tertiary/aromatic N) is 4. The number of H-pyrrole nitrogens is 1. The maximum atomic E-state index is 12.6. The monoisotopic (exact) mass is 410 g/mol. The molecule has 0 fully saturated rings. The fourth-order valence-electron chi connectivity index (χ4n) is 2.49. The summed E-state index contributed by atoms with van der Waals surface area (Å²) in [5, 5.41) is 14.8. The van der Waals surface area contributed by atoms with E-state index in [4.69, 9.17) is 35.4 Å². The smallest absolute Gasteiger partial charge is 0.256 e. The largest absolute Gasteiger partial charge is 0.345 e. The molecule has 7 nitrogen and oxygen atoms in total. The molecule has 1 amide bonds. The zero-order valence-electron chi connectivity index (χ0n) is 14.1. The van der Waals surface area contributed by atoms with E-state index in [1.807, 2.05) is 18.2 Å². The third-order valence-electron chi connectivity index (χ3n) is 3.95. The van der Waals surface area contributed by atoms with Gasteiger partial charge in [0.2, 0.25) is 0 Å². The van der Waals surface area contributed by atoms with Crippen LogP contribution in [0.15, 0.2) is 24.3 Å². The van der Waals surface area contributed by atoms with Crippen molar-refractivity contribution in [3.8, 4) is 0 Å². The van der Waals surface area contributed by atoms with Gasteiger partial charge in [-0.15, -0.1) is 0 Å². The Kier molecular flexibility index (Phi) is 5.45. The van der Waals surface area contributed by atoms with Crippen molar-refractivity contribution in [2.75, 3.05) is 0 Å². The molecule has 26 heavy (non-hydrogen) atoms. The molecule has 0 aliphatic carbocycles. The first-order chi connectivity index (χ1) is 12.4. The predicted molar refractivity (Wildman–Crippen MR) is 102 cm³/mol. The third-order valence-corrected chi connectivity index (χ3v) is 5.07. The molecule has 2 aromatic heterocycles. The van der Waals surface area contributed by atoms with Crippen LogP contribution in [-0.2, 0) is 20.1 Å². The van der Waals surface area contributed by atoms with Gasteiger partial charge in [-0.25, -0.2) is 4.68 Å². The lowest BCUT2D eigenvalue weighted by molar-refractivity contribution is 0.0949. The summed E-state index contributed by atoms with van der Waals surface area (Å²) in [6, 6.07) is 7.42. The highest BCUT2D eigenvalue weighted by molar-refractivity contribution is 7.71. The molecule has 2 heterocycles. The van der Waals surface area contributed by atoms with Gasteiger partial charge in [-0.1, -0.05) is 41.4 Å². The molecule has 1 aromatic carbocycles. The highest BCUT2D eigenvalue weighted by Gasteiger charge is 2.21. The van der Waals surface area contributed by atoms with Crippen molar-refractivity contribution in [1.82, 2.24) is 29.9 Å². The number of carbonyl (C=O) groups excluding carboxylic acids is 1. The fraction of sp³-hybridized carbons (Fsp3) is 0.250. The van der Waals surface area contributed by atoms with Crippen LogP contribution in [0.3, 0.4) is 0 Å². The maximum absolute atomic E-state index is 12.6. The minimum atomic E-state index is -0.327. The molecule has 2 N–H and O–H groups in total. The van der Waals surface area contributed by atoms with Crippen molar-refractivity contribution in [2.45, 2.75) is 20.0 Å². The zero-order chi connectivity index (χ0) is 18.8. The SMILES string of the molecule is Cc1nn(Cc2ccccc2Cl)c(Cl)c1C(=O)NCc1n[nH]c(=S)n1C. The highest BCUT2D eigenvalue weighted by Crippen LogP contribution is 2.23. The Morgan fingerprint density at radius 2 is 2.08 bits per heavy atom. The van der Waals surface area contributed by atoms with E-state index in [9.17, 15) is 4.79 Å². The topological polar surface area (TPSA) is 80.5 Å². The summed E-state index contributed by atoms with van der Waals surface area (Å²) in [6.45, 7) is 2.33. The molecule has 0 atom stereocenters. The van der Waals surface area contributed by atoms with E-state index >= 15 is 0 Å². The van der Waals surface area contributed by atoms with E-state index in [-0.39, 0.29) is 17.6 Å². The molecule has 10 heteroatoms. The summed E-state index contributed by atoms with van der Waals surface area (Å²) in [6.07, 6.45) is 0. The van der Waals surface area contributed by atoms with Gasteiger partial charge in [-0.2, -0.15) is 10.2 Å². The molecule has 3 aromatic rings. The number of aromatic nitrogens is 5. The van der Waals surface area contributed by atoms with Gasteiger partial charge in [0.25, 0.3) is 5.91 Å². The number of hydrogen-bond acceptors (Lipinski definition) is 4. The Morgan fingerprint density at radius 3 is 2.73 bits per heavy atom. The van der Waals surface area contributed by atoms with Crippen LogP contribution < -0.4 is 5.32 Å². The molecule has 0 aliphatic rings. The van der Waals surface area contributed by atoms with E-state index in [0.29, 0.717) is 33.4 Å². The maximum Gasteiger partial charge on any atom is 0.256 e. The Labute approximate surface area is 164 Å². The van der Waals surface area contributed by atoms with Gasteiger partial charge in [-0.05, 0) is 30.8 Å². The van der Waals surface area contributed by atoms with Gasteiger partial charge >= 0.3 is 0 Å². The van der Waals surface area contributed by atoms with Crippen LogP contribution in [0, 0.1) is 11.7 Å². The number of carbonyl (C=O) groups is 1. The minimum Gasteiger partial charge on any atom is -0.345 e. The molecule has 0 aliphatic heterocycles. The number of aryl methyl sites for hydroxylation is 1. The number of amides is 1. The number of halogens is 2. The van der Waals surface area contributed by atoms with E-state index in [1.54, 1.807) is 29.3 Å². The van der Waals surface area contributed by atoms with Crippen LogP contribution in [0.4, 0.5) is 0 Å². The van der Waals surface area contributed by atoms with Crippen molar-refractivity contribution in [3.63, 3.8) is 0 Å². The van der Waals surface area contributed by atoms with Crippen LogP contribution in [0.1, 0.15) is 27.4 Å². The van der Waals surface area contributed by atoms with Gasteiger partial charge in [0, 0.05) is 12.1 Å². The molecule has 136 valence electrons. The molecule has 0 saturated heterocycles. The number of aromatic amines is 1. The second-order valence-electron chi connectivity index (χ2n) is 5.69. The van der Waals surface area contributed by atoms with Crippen LogP contribution in [-0.4, -0.2) is 30.5 Å². The van der Waals surface area contributed by atoms with Crippen LogP contribution in [0.2, 0.25) is 10.2 Å².